The molecule has 3 rings (SSSR count). The Hall–Kier alpha value is -2.95. The smallest absolute Gasteiger partial charge is 0.246 e. The van der Waals surface area contributed by atoms with Gasteiger partial charge in [0, 0.05) is 18.7 Å². The van der Waals surface area contributed by atoms with Crippen LogP contribution < -0.4 is 14.2 Å². The number of carbonyl (C=O) groups excluding carboxylic acids is 1. The molecule has 5 heteroatoms. The number of carbonyl (C=O) groups is 1. The Morgan fingerprint density at radius 3 is 2.73 bits per heavy atom. The van der Waals surface area contributed by atoms with Crippen LogP contribution in [-0.4, -0.2) is 43.7 Å². The zero-order chi connectivity index (χ0) is 18.4. The third kappa shape index (κ3) is 4.36. The molecule has 1 amide bonds. The molecule has 0 bridgehead atoms. The van der Waals surface area contributed by atoms with Gasteiger partial charge in [0.1, 0.15) is 12.4 Å². The average Bonchev–Trinajstić information content (AvgIpc) is 2.67. The molecule has 1 heterocycles. The van der Waals surface area contributed by atoms with Crippen LogP contribution in [0, 0.1) is 0 Å². The van der Waals surface area contributed by atoms with Gasteiger partial charge < -0.3 is 19.1 Å². The van der Waals surface area contributed by atoms with Crippen LogP contribution in [0.3, 0.4) is 0 Å². The SMILES string of the molecule is CCOc1ccccc1/C=C/C(=O)N(C)CC1COc2ccccc2O1. The first-order chi connectivity index (χ1) is 12.7. The minimum atomic E-state index is -0.192. The predicted molar refractivity (Wildman–Crippen MR) is 101 cm³/mol. The second-order valence-electron chi connectivity index (χ2n) is 6.02. The van der Waals surface area contributed by atoms with Crippen molar-refractivity contribution < 1.29 is 19.0 Å². The number of para-hydroxylation sites is 3. The molecule has 0 fully saturated rings. The van der Waals surface area contributed by atoms with E-state index >= 15 is 0 Å². The Bertz CT molecular complexity index is 787. The van der Waals surface area contributed by atoms with Gasteiger partial charge in [-0.2, -0.15) is 0 Å². The Labute approximate surface area is 153 Å². The van der Waals surface area contributed by atoms with Crippen molar-refractivity contribution in [3.8, 4) is 17.2 Å². The summed E-state index contributed by atoms with van der Waals surface area (Å²) in [5, 5.41) is 0. The van der Waals surface area contributed by atoms with Crippen molar-refractivity contribution in [3.63, 3.8) is 0 Å². The van der Waals surface area contributed by atoms with E-state index in [1.807, 2.05) is 55.5 Å². The molecule has 26 heavy (non-hydrogen) atoms. The van der Waals surface area contributed by atoms with E-state index in [9.17, 15) is 4.79 Å². The van der Waals surface area contributed by atoms with E-state index in [0.29, 0.717) is 25.5 Å². The first kappa shape index (κ1) is 17.9. The van der Waals surface area contributed by atoms with Gasteiger partial charge in [0.05, 0.1) is 13.2 Å². The molecule has 0 N–H and O–H groups in total. The summed E-state index contributed by atoms with van der Waals surface area (Å²) < 4.78 is 17.2. The number of likely N-dealkylation sites (N-methyl/N-ethyl adjacent to an activating group) is 1. The van der Waals surface area contributed by atoms with Crippen molar-refractivity contribution in [2.24, 2.45) is 0 Å². The van der Waals surface area contributed by atoms with Crippen LogP contribution in [-0.2, 0) is 4.79 Å². The number of fused-ring (bicyclic) bond motifs is 1. The van der Waals surface area contributed by atoms with Crippen molar-refractivity contribution in [1.29, 1.82) is 0 Å². The van der Waals surface area contributed by atoms with Crippen molar-refractivity contribution in [1.82, 2.24) is 4.90 Å². The van der Waals surface area contributed by atoms with Gasteiger partial charge in [0.25, 0.3) is 0 Å². The Morgan fingerprint density at radius 2 is 1.92 bits per heavy atom. The third-order valence-electron chi connectivity index (χ3n) is 4.05. The minimum Gasteiger partial charge on any atom is -0.493 e. The number of ether oxygens (including phenoxy) is 3. The van der Waals surface area contributed by atoms with E-state index in [1.54, 1.807) is 24.1 Å². The fourth-order valence-corrected chi connectivity index (χ4v) is 2.74. The second kappa shape index (κ2) is 8.43. The van der Waals surface area contributed by atoms with Crippen LogP contribution in [0.5, 0.6) is 17.2 Å². The van der Waals surface area contributed by atoms with Gasteiger partial charge >= 0.3 is 0 Å². The molecule has 2 aromatic rings. The molecule has 1 atom stereocenters. The number of rotatable bonds is 6. The van der Waals surface area contributed by atoms with E-state index < -0.39 is 0 Å². The molecule has 0 saturated carbocycles. The molecule has 0 aromatic heterocycles. The topological polar surface area (TPSA) is 48.0 Å². The van der Waals surface area contributed by atoms with Crippen molar-refractivity contribution in [2.45, 2.75) is 13.0 Å². The number of nitrogens with zero attached hydrogens (tertiary/aromatic N) is 1. The molecular weight excluding hydrogens is 330 g/mol. The lowest BCUT2D eigenvalue weighted by Gasteiger charge is -2.29. The second-order valence-corrected chi connectivity index (χ2v) is 6.02. The highest BCUT2D eigenvalue weighted by atomic mass is 16.6. The molecule has 0 radical (unpaired) electrons. The van der Waals surface area contributed by atoms with E-state index in [1.165, 1.54) is 0 Å². The third-order valence-corrected chi connectivity index (χ3v) is 4.05. The fourth-order valence-electron chi connectivity index (χ4n) is 2.74. The van der Waals surface area contributed by atoms with Gasteiger partial charge in [0.2, 0.25) is 5.91 Å². The zero-order valence-corrected chi connectivity index (χ0v) is 15.1. The molecule has 0 saturated heterocycles. The molecule has 5 nitrogen and oxygen atoms in total. The number of benzene rings is 2. The largest absolute Gasteiger partial charge is 0.493 e. The quantitative estimate of drug-likeness (QED) is 0.747. The standard InChI is InChI=1S/C21H23NO4/c1-3-24-18-9-5-4-8-16(18)12-13-21(23)22(2)14-17-15-25-19-10-6-7-11-20(19)26-17/h4-13,17H,3,14-15H2,1-2H3/b13-12+. The number of hydrogen-bond acceptors (Lipinski definition) is 4. The predicted octanol–water partition coefficient (Wildman–Crippen LogP) is 3.40. The zero-order valence-electron chi connectivity index (χ0n) is 15.1. The van der Waals surface area contributed by atoms with Crippen LogP contribution in [0.4, 0.5) is 0 Å². The van der Waals surface area contributed by atoms with Gasteiger partial charge in [-0.1, -0.05) is 30.3 Å². The molecule has 0 spiro atoms. The molecule has 2 aromatic carbocycles. The van der Waals surface area contributed by atoms with Crippen molar-refractivity contribution >= 4 is 12.0 Å². The highest BCUT2D eigenvalue weighted by Gasteiger charge is 2.23. The Kier molecular flexibility index (Phi) is 5.79. The van der Waals surface area contributed by atoms with Crippen LogP contribution in [0.15, 0.2) is 54.6 Å². The lowest BCUT2D eigenvalue weighted by molar-refractivity contribution is -0.126. The van der Waals surface area contributed by atoms with E-state index in [4.69, 9.17) is 14.2 Å². The monoisotopic (exact) mass is 353 g/mol. The van der Waals surface area contributed by atoms with Gasteiger partial charge in [-0.25, -0.2) is 0 Å². The van der Waals surface area contributed by atoms with E-state index in [0.717, 1.165) is 17.1 Å². The first-order valence-electron chi connectivity index (χ1n) is 8.71. The summed E-state index contributed by atoms with van der Waals surface area (Å²) in [5.74, 6) is 2.12. The highest BCUT2D eigenvalue weighted by Crippen LogP contribution is 2.31. The number of hydrogen-bond donors (Lipinski definition) is 0. The van der Waals surface area contributed by atoms with Crippen LogP contribution in [0.25, 0.3) is 6.08 Å². The highest BCUT2D eigenvalue weighted by molar-refractivity contribution is 5.92. The lowest BCUT2D eigenvalue weighted by atomic mass is 10.2. The summed E-state index contributed by atoms with van der Waals surface area (Å²) in [6, 6.07) is 15.2. The Morgan fingerprint density at radius 1 is 1.19 bits per heavy atom. The maximum atomic E-state index is 12.4. The summed E-state index contributed by atoms with van der Waals surface area (Å²) in [6.45, 7) is 3.39. The van der Waals surface area contributed by atoms with Gasteiger partial charge in [-0.05, 0) is 31.2 Å². The number of amides is 1. The van der Waals surface area contributed by atoms with Crippen LogP contribution in [0.1, 0.15) is 12.5 Å². The molecule has 1 aliphatic heterocycles. The minimum absolute atomic E-state index is 0.0984. The molecule has 0 aliphatic carbocycles. The molecular formula is C21H23NO4. The van der Waals surface area contributed by atoms with E-state index in [-0.39, 0.29) is 12.0 Å². The lowest BCUT2D eigenvalue weighted by Crippen LogP contribution is -2.41. The van der Waals surface area contributed by atoms with Crippen molar-refractivity contribution in [3.05, 3.63) is 60.2 Å². The maximum Gasteiger partial charge on any atom is 0.246 e. The van der Waals surface area contributed by atoms with Gasteiger partial charge in [-0.15, -0.1) is 0 Å². The Balaban J connectivity index is 1.59. The summed E-state index contributed by atoms with van der Waals surface area (Å²) in [7, 11) is 1.75. The van der Waals surface area contributed by atoms with Gasteiger partial charge in [-0.3, -0.25) is 4.79 Å². The van der Waals surface area contributed by atoms with E-state index in [2.05, 4.69) is 0 Å². The van der Waals surface area contributed by atoms with Gasteiger partial charge in [0.15, 0.2) is 17.6 Å². The summed E-state index contributed by atoms with van der Waals surface area (Å²) in [4.78, 5) is 14.0. The summed E-state index contributed by atoms with van der Waals surface area (Å²) in [5.41, 5.74) is 0.877. The average molecular weight is 353 g/mol. The maximum absolute atomic E-state index is 12.4. The molecule has 136 valence electrons. The normalized spacial score (nSPS) is 15.7. The van der Waals surface area contributed by atoms with Crippen molar-refractivity contribution in [2.75, 3.05) is 26.8 Å². The van der Waals surface area contributed by atoms with Crippen LogP contribution >= 0.6 is 0 Å². The molecule has 1 unspecified atom stereocenters. The fraction of sp³-hybridized carbons (Fsp3) is 0.286. The summed E-state index contributed by atoms with van der Waals surface area (Å²) >= 11 is 0. The summed E-state index contributed by atoms with van der Waals surface area (Å²) in [6.07, 6.45) is 3.13. The van der Waals surface area contributed by atoms with Crippen LogP contribution in [0.2, 0.25) is 0 Å². The first-order valence-corrected chi connectivity index (χ1v) is 8.71. The molecule has 1 aliphatic rings.